The molecule has 28 valence electrons. The molecule has 0 atom stereocenters. The summed E-state index contributed by atoms with van der Waals surface area (Å²) in [5.74, 6) is 0. The van der Waals surface area contributed by atoms with Gasteiger partial charge >= 0.3 is 27.7 Å². The Balaban J connectivity index is -0.0000000450. The average molecular weight is 481 g/mol. The Hall–Kier alpha value is 1.94. The zero-order valence-corrected chi connectivity index (χ0v) is 14.9. The molecule has 0 N–H and O–H groups in total. The first kappa shape index (κ1) is 15.7. The van der Waals surface area contributed by atoms with Gasteiger partial charge in [-0.1, -0.05) is 0 Å². The maximum absolute atomic E-state index is 8.44. The zero-order valence-electron chi connectivity index (χ0n) is 3.05. The average Bonchev–Trinajstić information content (AvgIpc) is 0.811. The fourth-order valence-corrected chi connectivity index (χ4v) is 0. The molecule has 6 heteroatoms. The van der Waals surface area contributed by atoms with Crippen LogP contribution in [0, 0.1) is 0 Å². The molecule has 0 saturated carbocycles. The molecule has 0 aromatic carbocycles. The summed E-state index contributed by atoms with van der Waals surface area (Å²) in [5, 5.41) is 0. The van der Waals surface area contributed by atoms with E-state index in [-0.39, 0.29) is 55.3 Å². The topological polar surface area (TPSA) is 63.2 Å². The normalized spacial score (nSPS) is 5.83. The fourth-order valence-electron chi connectivity index (χ4n) is 0. The number of rotatable bonds is 0. The van der Waals surface area contributed by atoms with E-state index in [2.05, 4.69) is 0 Å². The second-order valence-corrected chi connectivity index (χ2v) is 0.612. The molecule has 6 heavy (non-hydrogen) atoms. The molecule has 0 unspecified atom stereocenters. The Morgan fingerprint density at radius 3 is 1.33 bits per heavy atom. The Kier molecular flexibility index (Phi) is 26.2. The van der Waals surface area contributed by atoms with Gasteiger partial charge in [0.25, 0.3) is 0 Å². The maximum atomic E-state index is 8.44. The van der Waals surface area contributed by atoms with E-state index >= 15 is 0 Å². The van der Waals surface area contributed by atoms with Crippen LogP contribution >= 0.6 is 0 Å². The van der Waals surface area contributed by atoms with E-state index in [0.717, 1.165) is 0 Å². The van der Waals surface area contributed by atoms with Crippen molar-refractivity contribution in [2.24, 2.45) is 0 Å². The van der Waals surface area contributed by atoms with Crippen molar-refractivity contribution in [1.29, 1.82) is 0 Å². The van der Waals surface area contributed by atoms with Crippen LogP contribution in [0.4, 0.5) is 0 Å². The Bertz CT molecular complexity index is 31.8. The van der Waals surface area contributed by atoms with E-state index in [1.807, 2.05) is 0 Å². The molecule has 0 rings (SSSR count). The molecule has 0 bridgehead atoms. The molecule has 0 aliphatic carbocycles. The fraction of sp³-hybridized carbons (Fsp3) is 0. The third-order valence-electron chi connectivity index (χ3n) is 0. The second kappa shape index (κ2) is 10.0. The van der Waals surface area contributed by atoms with Crippen LogP contribution in [0.5, 0.6) is 0 Å². The predicted molar refractivity (Wildman–Crippen MR) is 9.70 cm³/mol. The van der Waals surface area contributed by atoms with Crippen molar-refractivity contribution in [3.05, 3.63) is 0 Å². The van der Waals surface area contributed by atoms with Crippen LogP contribution in [0.15, 0.2) is 0 Å². The summed E-state index contributed by atoms with van der Waals surface area (Å²) in [6.07, 6.45) is 0. The van der Waals surface area contributed by atoms with E-state index in [0.29, 0.717) is 0 Å². The largest absolute Gasteiger partial charge is 2.00 e. The maximum Gasteiger partial charge on any atom is 2.00 e. The summed E-state index contributed by atoms with van der Waals surface area (Å²) in [4.78, 5) is 0. The van der Waals surface area contributed by atoms with Crippen LogP contribution in [-0.2, 0) is 66.7 Å². The number of hydrogen-bond acceptors (Lipinski definition) is 3. The van der Waals surface area contributed by atoms with E-state index in [1.54, 1.807) is 0 Å². The molecule has 0 spiro atoms. The van der Waals surface area contributed by atoms with Gasteiger partial charge < -0.3 is 9.11 Å². The van der Waals surface area contributed by atoms with E-state index in [9.17, 15) is 0 Å². The third kappa shape index (κ3) is 38.5. The molecule has 0 amide bonds. The standard InChI is InChI=1S/2Hg.H2O3S/c;;1-4(2)3/h;;(H2,1,2,3)/q;+2;/p-2. The third-order valence-corrected chi connectivity index (χ3v) is 0. The van der Waals surface area contributed by atoms with Crippen LogP contribution in [0.2, 0.25) is 0 Å². The van der Waals surface area contributed by atoms with E-state index in [1.165, 1.54) is 0 Å². The smallest absolute Gasteiger partial charge is 0.784 e. The van der Waals surface area contributed by atoms with E-state index in [4.69, 9.17) is 13.3 Å². The molecule has 0 radical (unpaired) electrons. The van der Waals surface area contributed by atoms with Crippen molar-refractivity contribution in [1.82, 2.24) is 0 Å². The van der Waals surface area contributed by atoms with Gasteiger partial charge in [-0.3, -0.25) is 4.21 Å². The van der Waals surface area contributed by atoms with Crippen molar-refractivity contribution < 1.29 is 68.7 Å². The SMILES string of the molecule is O=S([O-])[O-].[Hg+2].[Hg]. The minimum absolute atomic E-state index is 0. The van der Waals surface area contributed by atoms with Crippen molar-refractivity contribution in [2.75, 3.05) is 0 Å². The van der Waals surface area contributed by atoms with E-state index < -0.39 is 11.4 Å². The minimum atomic E-state index is -3.11. The monoisotopic (exact) mass is 484 g/mol. The summed E-state index contributed by atoms with van der Waals surface area (Å²) in [5.41, 5.74) is 0. The first-order valence-corrected chi connectivity index (χ1v) is 1.50. The van der Waals surface area contributed by atoms with Gasteiger partial charge in [-0.05, 0) is 0 Å². The molecule has 0 aliphatic rings. The molecule has 0 aromatic heterocycles. The van der Waals surface area contributed by atoms with Crippen LogP contribution in [-0.4, -0.2) is 13.3 Å². The summed E-state index contributed by atoms with van der Waals surface area (Å²) < 4.78 is 25.3. The van der Waals surface area contributed by atoms with Crippen LogP contribution in [0.25, 0.3) is 0 Å². The summed E-state index contributed by atoms with van der Waals surface area (Å²) in [6.45, 7) is 0. The summed E-state index contributed by atoms with van der Waals surface area (Å²) >= 11 is -3.11. The minimum Gasteiger partial charge on any atom is -0.784 e. The van der Waals surface area contributed by atoms with Gasteiger partial charge in [0.15, 0.2) is 0 Å². The van der Waals surface area contributed by atoms with Gasteiger partial charge in [0.05, 0.1) is 0 Å². The van der Waals surface area contributed by atoms with Gasteiger partial charge in [-0.15, -0.1) is 11.4 Å². The van der Waals surface area contributed by atoms with Crippen LogP contribution < -0.4 is 0 Å². The Morgan fingerprint density at radius 2 is 1.33 bits per heavy atom. The Morgan fingerprint density at radius 1 is 1.33 bits per heavy atom. The first-order valence-electron chi connectivity index (χ1n) is 0.500. The zero-order chi connectivity index (χ0) is 3.58. The molecule has 0 aromatic rings. The van der Waals surface area contributed by atoms with Crippen LogP contribution in [0.1, 0.15) is 0 Å². The van der Waals surface area contributed by atoms with Crippen molar-refractivity contribution in [2.45, 2.75) is 0 Å². The van der Waals surface area contributed by atoms with Gasteiger partial charge in [0.1, 0.15) is 0 Å². The van der Waals surface area contributed by atoms with Crippen LogP contribution in [0.3, 0.4) is 0 Å². The predicted octanol–water partition coefficient (Wildman–Crippen LogP) is -1.01. The molecular weight excluding hydrogens is 481 g/mol. The quantitative estimate of drug-likeness (QED) is 0.329. The molecule has 0 aliphatic heterocycles. The summed E-state index contributed by atoms with van der Waals surface area (Å²) in [7, 11) is 0. The Labute approximate surface area is 79.0 Å². The van der Waals surface area contributed by atoms with Crippen molar-refractivity contribution in [3.8, 4) is 0 Å². The molecule has 0 saturated heterocycles. The van der Waals surface area contributed by atoms with Gasteiger partial charge in [0, 0.05) is 27.7 Å². The summed E-state index contributed by atoms with van der Waals surface area (Å²) in [6, 6.07) is 0. The molecule has 0 fully saturated rings. The van der Waals surface area contributed by atoms with Gasteiger partial charge in [0.2, 0.25) is 0 Å². The molecule has 0 heterocycles. The molecular formula is Hg2O3S. The second-order valence-electron chi connectivity index (χ2n) is 0.204. The first-order chi connectivity index (χ1) is 1.73. The van der Waals surface area contributed by atoms with Crippen molar-refractivity contribution in [3.63, 3.8) is 0 Å². The number of hydrogen-bond donors (Lipinski definition) is 0. The van der Waals surface area contributed by atoms with Gasteiger partial charge in [-0.25, -0.2) is 0 Å². The van der Waals surface area contributed by atoms with Crippen molar-refractivity contribution >= 4 is 11.4 Å². The van der Waals surface area contributed by atoms with Gasteiger partial charge in [-0.2, -0.15) is 0 Å². The molecule has 3 nitrogen and oxygen atoms in total.